The topological polar surface area (TPSA) is 78.6 Å². The second kappa shape index (κ2) is 6.23. The summed E-state index contributed by atoms with van der Waals surface area (Å²) in [7, 11) is 0. The highest BCUT2D eigenvalue weighted by Crippen LogP contribution is 2.38. The van der Waals surface area contributed by atoms with Crippen LogP contribution in [0.3, 0.4) is 0 Å². The first kappa shape index (κ1) is 14.1. The number of ether oxygens (including phenoxy) is 2. The predicted molar refractivity (Wildman–Crippen MR) is 74.2 cm³/mol. The molecule has 0 saturated carbocycles. The van der Waals surface area contributed by atoms with Crippen molar-refractivity contribution in [2.24, 2.45) is 0 Å². The molecule has 0 amide bonds. The third kappa shape index (κ3) is 2.99. The molecule has 1 aliphatic rings. The lowest BCUT2D eigenvalue weighted by atomic mass is 9.91. The second-order valence-electron chi connectivity index (χ2n) is 4.50. The molecule has 5 heteroatoms. The van der Waals surface area contributed by atoms with E-state index in [9.17, 15) is 9.59 Å². The van der Waals surface area contributed by atoms with Crippen molar-refractivity contribution in [3.8, 4) is 5.75 Å². The number of rotatable bonds is 5. The number of allylic oxidation sites excluding steroid dienone is 1. The number of benzene rings is 1. The van der Waals surface area contributed by atoms with Crippen molar-refractivity contribution < 1.29 is 19.1 Å². The fourth-order valence-electron chi connectivity index (χ4n) is 2.17. The quantitative estimate of drug-likeness (QED) is 0.506. The Morgan fingerprint density at radius 2 is 2.30 bits per heavy atom. The maximum atomic E-state index is 11.8. The zero-order valence-electron chi connectivity index (χ0n) is 11.3. The molecule has 0 fully saturated rings. The number of carbonyl (C=O) groups excluding carboxylic acids is 2. The van der Waals surface area contributed by atoms with Crippen LogP contribution in [0.2, 0.25) is 0 Å². The van der Waals surface area contributed by atoms with Crippen LogP contribution >= 0.6 is 0 Å². The van der Waals surface area contributed by atoms with Crippen LogP contribution in [0.25, 0.3) is 0 Å². The average molecular weight is 275 g/mol. The van der Waals surface area contributed by atoms with E-state index in [1.165, 1.54) is 0 Å². The molecule has 0 spiro atoms. The summed E-state index contributed by atoms with van der Waals surface area (Å²) in [6, 6.07) is 5.31. The van der Waals surface area contributed by atoms with Gasteiger partial charge in [-0.3, -0.25) is 0 Å². The summed E-state index contributed by atoms with van der Waals surface area (Å²) < 4.78 is 10.5. The minimum atomic E-state index is -0.503. The van der Waals surface area contributed by atoms with Gasteiger partial charge in [0.15, 0.2) is 0 Å². The van der Waals surface area contributed by atoms with Gasteiger partial charge >= 0.3 is 5.97 Å². The molecule has 0 aliphatic carbocycles. The van der Waals surface area contributed by atoms with Crippen LogP contribution in [-0.4, -0.2) is 18.9 Å². The van der Waals surface area contributed by atoms with Crippen molar-refractivity contribution in [3.63, 3.8) is 0 Å². The minimum absolute atomic E-state index is 0.0519. The van der Waals surface area contributed by atoms with Gasteiger partial charge in [-0.1, -0.05) is 6.07 Å². The minimum Gasteiger partial charge on any atom is -0.460 e. The van der Waals surface area contributed by atoms with Crippen LogP contribution < -0.4 is 10.5 Å². The van der Waals surface area contributed by atoms with E-state index < -0.39 is 5.97 Å². The van der Waals surface area contributed by atoms with Crippen LogP contribution in [0.4, 0.5) is 5.69 Å². The van der Waals surface area contributed by atoms with Crippen LogP contribution in [0.1, 0.15) is 31.2 Å². The molecule has 0 radical (unpaired) electrons. The van der Waals surface area contributed by atoms with Crippen molar-refractivity contribution in [1.29, 1.82) is 0 Å². The standard InChI is InChI=1S/C15H17NO4/c1-2-19-15(18)14-8-10(4-3-7-17)12-6-5-11(16)9-13(12)20-14/h5-10H,2-4,16H2,1H3. The normalized spacial score (nSPS) is 16.6. The second-order valence-corrected chi connectivity index (χ2v) is 4.50. The fraction of sp³-hybridized carbons (Fsp3) is 0.333. The van der Waals surface area contributed by atoms with E-state index >= 15 is 0 Å². The van der Waals surface area contributed by atoms with Gasteiger partial charge in [-0.25, -0.2) is 4.79 Å². The molecule has 1 aliphatic heterocycles. The molecule has 106 valence electrons. The monoisotopic (exact) mass is 275 g/mol. The summed E-state index contributed by atoms with van der Waals surface area (Å²) in [5.41, 5.74) is 7.22. The zero-order chi connectivity index (χ0) is 14.5. The maximum absolute atomic E-state index is 11.8. The molecule has 1 unspecified atom stereocenters. The van der Waals surface area contributed by atoms with Crippen molar-refractivity contribution in [1.82, 2.24) is 0 Å². The van der Waals surface area contributed by atoms with Gasteiger partial charge in [0, 0.05) is 29.7 Å². The smallest absolute Gasteiger partial charge is 0.373 e. The molecule has 2 rings (SSSR count). The Bertz CT molecular complexity index is 551. The highest BCUT2D eigenvalue weighted by molar-refractivity contribution is 5.87. The third-order valence-corrected chi connectivity index (χ3v) is 3.08. The molecular weight excluding hydrogens is 258 g/mol. The highest BCUT2D eigenvalue weighted by Gasteiger charge is 2.26. The van der Waals surface area contributed by atoms with Gasteiger partial charge in [0.2, 0.25) is 5.76 Å². The Morgan fingerprint density at radius 3 is 3.00 bits per heavy atom. The van der Waals surface area contributed by atoms with Gasteiger partial charge in [-0.15, -0.1) is 0 Å². The van der Waals surface area contributed by atoms with Crippen molar-refractivity contribution >= 4 is 17.9 Å². The Labute approximate surface area is 117 Å². The van der Waals surface area contributed by atoms with E-state index in [0.717, 1.165) is 11.8 Å². The van der Waals surface area contributed by atoms with Crippen molar-refractivity contribution in [3.05, 3.63) is 35.6 Å². The molecule has 1 heterocycles. The number of carbonyl (C=O) groups is 2. The van der Waals surface area contributed by atoms with Crippen LogP contribution in [0.5, 0.6) is 5.75 Å². The first-order valence-electron chi connectivity index (χ1n) is 6.55. The molecule has 0 saturated heterocycles. The van der Waals surface area contributed by atoms with E-state index in [1.54, 1.807) is 25.1 Å². The highest BCUT2D eigenvalue weighted by atomic mass is 16.6. The molecule has 1 atom stereocenters. The summed E-state index contributed by atoms with van der Waals surface area (Å²) >= 11 is 0. The average Bonchev–Trinajstić information content (AvgIpc) is 2.44. The number of nitrogen functional groups attached to an aromatic ring is 1. The van der Waals surface area contributed by atoms with E-state index in [0.29, 0.717) is 24.3 Å². The maximum Gasteiger partial charge on any atom is 0.373 e. The number of esters is 1. The van der Waals surface area contributed by atoms with Crippen LogP contribution in [0.15, 0.2) is 30.0 Å². The first-order chi connectivity index (χ1) is 9.65. The molecular formula is C15H17NO4. The van der Waals surface area contributed by atoms with E-state index in [2.05, 4.69) is 0 Å². The predicted octanol–water partition coefficient (Wildman–Crippen LogP) is 2.17. The van der Waals surface area contributed by atoms with Gasteiger partial charge in [-0.2, -0.15) is 0 Å². The van der Waals surface area contributed by atoms with Crippen molar-refractivity contribution in [2.75, 3.05) is 12.3 Å². The third-order valence-electron chi connectivity index (χ3n) is 3.08. The van der Waals surface area contributed by atoms with E-state index in [1.807, 2.05) is 6.07 Å². The summed E-state index contributed by atoms with van der Waals surface area (Å²) in [5, 5.41) is 0. The molecule has 2 N–H and O–H groups in total. The number of hydrogen-bond donors (Lipinski definition) is 1. The van der Waals surface area contributed by atoms with Gasteiger partial charge in [0.05, 0.1) is 6.61 Å². The number of fused-ring (bicyclic) bond motifs is 1. The lowest BCUT2D eigenvalue weighted by molar-refractivity contribution is -0.141. The van der Waals surface area contributed by atoms with Crippen molar-refractivity contribution in [2.45, 2.75) is 25.7 Å². The Balaban J connectivity index is 2.32. The molecule has 20 heavy (non-hydrogen) atoms. The lowest BCUT2D eigenvalue weighted by Gasteiger charge is -2.24. The molecule has 5 nitrogen and oxygen atoms in total. The summed E-state index contributed by atoms with van der Waals surface area (Å²) in [5.74, 6) is 0.146. The summed E-state index contributed by atoms with van der Waals surface area (Å²) in [6.45, 7) is 2.01. The van der Waals surface area contributed by atoms with Gasteiger partial charge in [-0.05, 0) is 25.5 Å². The number of anilines is 1. The molecule has 1 aromatic carbocycles. The fourth-order valence-corrected chi connectivity index (χ4v) is 2.17. The Hall–Kier alpha value is -2.30. The summed E-state index contributed by atoms with van der Waals surface area (Å²) in [4.78, 5) is 22.4. The van der Waals surface area contributed by atoms with Crippen LogP contribution in [-0.2, 0) is 14.3 Å². The molecule has 0 bridgehead atoms. The largest absolute Gasteiger partial charge is 0.460 e. The zero-order valence-corrected chi connectivity index (χ0v) is 11.3. The SMILES string of the molecule is CCOC(=O)C1=CC(CCC=O)c2ccc(N)cc2O1. The number of aldehydes is 1. The lowest BCUT2D eigenvalue weighted by Crippen LogP contribution is -2.18. The Kier molecular flexibility index (Phi) is 4.40. The van der Waals surface area contributed by atoms with Gasteiger partial charge < -0.3 is 20.0 Å². The molecule has 1 aromatic rings. The summed E-state index contributed by atoms with van der Waals surface area (Å²) in [6.07, 6.45) is 3.61. The van der Waals surface area contributed by atoms with E-state index in [-0.39, 0.29) is 18.3 Å². The first-order valence-corrected chi connectivity index (χ1v) is 6.55. The number of nitrogens with two attached hydrogens (primary N) is 1. The number of hydrogen-bond acceptors (Lipinski definition) is 5. The van der Waals surface area contributed by atoms with E-state index in [4.69, 9.17) is 15.2 Å². The van der Waals surface area contributed by atoms with Gasteiger partial charge in [0.25, 0.3) is 0 Å². The van der Waals surface area contributed by atoms with Crippen LogP contribution in [0, 0.1) is 0 Å². The van der Waals surface area contributed by atoms with Gasteiger partial charge in [0.1, 0.15) is 12.0 Å². The molecule has 0 aromatic heterocycles. The Morgan fingerprint density at radius 1 is 1.50 bits per heavy atom.